The van der Waals surface area contributed by atoms with Gasteiger partial charge in [-0.3, -0.25) is 24.1 Å². The van der Waals surface area contributed by atoms with Crippen LogP contribution in [0.2, 0.25) is 0 Å². The number of imide groups is 1. The average Bonchev–Trinajstić information content (AvgIpc) is 2.54. The van der Waals surface area contributed by atoms with Gasteiger partial charge in [0.15, 0.2) is 5.78 Å². The monoisotopic (exact) mass is 303 g/mol. The van der Waals surface area contributed by atoms with Crippen LogP contribution < -0.4 is 0 Å². The molecule has 2 amide bonds. The molecule has 7 nitrogen and oxygen atoms in total. The van der Waals surface area contributed by atoms with Crippen molar-refractivity contribution in [3.63, 3.8) is 0 Å². The molecule has 0 spiro atoms. The Morgan fingerprint density at radius 2 is 1.95 bits per heavy atom. The summed E-state index contributed by atoms with van der Waals surface area (Å²) in [5, 5.41) is -1.48. The molecule has 1 unspecified atom stereocenters. The molecular formula is C10H6ClNO6S. The summed E-state index contributed by atoms with van der Waals surface area (Å²) in [6, 6.07) is 0. The molecule has 0 aromatic carbocycles. The minimum absolute atomic E-state index is 0.0720. The van der Waals surface area contributed by atoms with Crippen LogP contribution in [0.1, 0.15) is 0 Å². The molecule has 0 aromatic heterocycles. The van der Waals surface area contributed by atoms with Crippen LogP contribution in [-0.4, -0.2) is 42.6 Å². The molecule has 9 heteroatoms. The van der Waals surface area contributed by atoms with Crippen molar-refractivity contribution in [2.24, 2.45) is 5.92 Å². The van der Waals surface area contributed by atoms with E-state index in [9.17, 15) is 27.6 Å². The van der Waals surface area contributed by atoms with Crippen LogP contribution in [-0.2, 0) is 28.2 Å². The molecule has 2 rings (SSSR count). The van der Waals surface area contributed by atoms with Crippen molar-refractivity contribution in [2.45, 2.75) is 0 Å². The van der Waals surface area contributed by atoms with Gasteiger partial charge in [0.1, 0.15) is 12.5 Å². The number of allylic oxidation sites excluding steroid dienone is 3. The first-order valence-electron chi connectivity index (χ1n) is 4.99. The summed E-state index contributed by atoms with van der Waals surface area (Å²) in [4.78, 5) is 46.8. The standard InChI is InChI=1S/C10H6ClNO6S/c11-19(17,18)7(14)4-12-9(15)5-2-1-3-6(13)8(5)10(12)16/h1-3,8H,4H2. The molecule has 1 saturated heterocycles. The number of nitrogens with zero attached hydrogens (tertiary/aromatic N) is 1. The highest BCUT2D eigenvalue weighted by atomic mass is 35.7. The second kappa shape index (κ2) is 4.39. The Kier molecular flexibility index (Phi) is 3.15. The van der Waals surface area contributed by atoms with Crippen LogP contribution >= 0.6 is 10.7 Å². The van der Waals surface area contributed by atoms with Gasteiger partial charge < -0.3 is 0 Å². The first-order valence-corrected chi connectivity index (χ1v) is 7.29. The highest BCUT2D eigenvalue weighted by molar-refractivity contribution is 8.25. The molecule has 1 aliphatic heterocycles. The number of carbonyl (C=O) groups excluding carboxylic acids is 4. The van der Waals surface area contributed by atoms with E-state index in [0.717, 1.165) is 6.08 Å². The van der Waals surface area contributed by atoms with Crippen molar-refractivity contribution in [1.82, 2.24) is 4.90 Å². The number of likely N-dealkylation sites (tertiary alicyclic amines) is 1. The van der Waals surface area contributed by atoms with E-state index in [1.165, 1.54) is 12.2 Å². The van der Waals surface area contributed by atoms with E-state index in [2.05, 4.69) is 0 Å². The molecule has 2 aliphatic rings. The van der Waals surface area contributed by atoms with Gasteiger partial charge in [-0.15, -0.1) is 0 Å². The number of amides is 2. The van der Waals surface area contributed by atoms with Crippen molar-refractivity contribution >= 4 is 42.4 Å². The van der Waals surface area contributed by atoms with Crippen molar-refractivity contribution in [1.29, 1.82) is 0 Å². The zero-order valence-electron chi connectivity index (χ0n) is 9.20. The number of halogens is 1. The Morgan fingerprint density at radius 1 is 1.32 bits per heavy atom. The van der Waals surface area contributed by atoms with Gasteiger partial charge in [-0.25, -0.2) is 8.42 Å². The molecule has 1 aliphatic carbocycles. The van der Waals surface area contributed by atoms with Gasteiger partial charge in [-0.2, -0.15) is 0 Å². The maximum Gasteiger partial charge on any atom is 0.296 e. The molecule has 1 heterocycles. The van der Waals surface area contributed by atoms with E-state index in [4.69, 9.17) is 10.7 Å². The van der Waals surface area contributed by atoms with Gasteiger partial charge in [0.2, 0.25) is 5.91 Å². The molecule has 100 valence electrons. The number of carbonyl (C=O) groups is 4. The molecule has 1 fully saturated rings. The van der Waals surface area contributed by atoms with Crippen LogP contribution in [0.4, 0.5) is 0 Å². The van der Waals surface area contributed by atoms with Crippen molar-refractivity contribution < 1.29 is 27.6 Å². The number of rotatable bonds is 2. The molecule has 1 atom stereocenters. The van der Waals surface area contributed by atoms with Crippen LogP contribution in [0.15, 0.2) is 23.8 Å². The van der Waals surface area contributed by atoms with Gasteiger partial charge >= 0.3 is 0 Å². The fraction of sp³-hybridized carbons (Fsp3) is 0.200. The minimum Gasteiger partial charge on any atom is -0.294 e. The lowest BCUT2D eigenvalue weighted by Gasteiger charge is -2.11. The van der Waals surface area contributed by atoms with E-state index in [1.54, 1.807) is 0 Å². The lowest BCUT2D eigenvalue weighted by atomic mass is 9.93. The number of ketones is 1. The zero-order chi connectivity index (χ0) is 14.4. The molecule has 0 aromatic rings. The maximum absolute atomic E-state index is 11.8. The third-order valence-corrected chi connectivity index (χ3v) is 3.89. The zero-order valence-corrected chi connectivity index (χ0v) is 10.8. The normalized spacial score (nSPS) is 22.6. The van der Waals surface area contributed by atoms with E-state index in [-0.39, 0.29) is 5.57 Å². The summed E-state index contributed by atoms with van der Waals surface area (Å²) >= 11 is 0. The number of hydrogen-bond acceptors (Lipinski definition) is 6. The van der Waals surface area contributed by atoms with Crippen molar-refractivity contribution in [3.05, 3.63) is 23.8 Å². The van der Waals surface area contributed by atoms with Gasteiger partial charge in [-0.05, 0) is 6.08 Å². The van der Waals surface area contributed by atoms with Gasteiger partial charge in [0, 0.05) is 16.3 Å². The minimum atomic E-state index is -4.52. The Morgan fingerprint density at radius 3 is 2.47 bits per heavy atom. The predicted octanol–water partition coefficient (Wildman–Crippen LogP) is -0.868. The predicted molar refractivity (Wildman–Crippen MR) is 62.2 cm³/mol. The second-order valence-corrected chi connectivity index (χ2v) is 6.41. The fourth-order valence-corrected chi connectivity index (χ4v) is 2.24. The van der Waals surface area contributed by atoms with Crippen LogP contribution in [0.25, 0.3) is 0 Å². The highest BCUT2D eigenvalue weighted by Crippen LogP contribution is 2.29. The van der Waals surface area contributed by atoms with Gasteiger partial charge in [-0.1, -0.05) is 12.2 Å². The van der Waals surface area contributed by atoms with Crippen LogP contribution in [0.3, 0.4) is 0 Å². The fourth-order valence-electron chi connectivity index (χ4n) is 1.81. The Bertz CT molecular complexity index is 674. The van der Waals surface area contributed by atoms with Crippen molar-refractivity contribution in [3.8, 4) is 0 Å². The Labute approximate surface area is 111 Å². The first kappa shape index (κ1) is 13.6. The van der Waals surface area contributed by atoms with E-state index >= 15 is 0 Å². The third-order valence-electron chi connectivity index (χ3n) is 2.70. The van der Waals surface area contributed by atoms with Crippen molar-refractivity contribution in [2.75, 3.05) is 6.54 Å². The van der Waals surface area contributed by atoms with E-state index < -0.39 is 44.2 Å². The first-order chi connectivity index (χ1) is 8.73. The summed E-state index contributed by atoms with van der Waals surface area (Å²) in [7, 11) is 0.302. The topological polar surface area (TPSA) is 106 Å². The van der Waals surface area contributed by atoms with Crippen LogP contribution in [0, 0.1) is 5.92 Å². The molecule has 19 heavy (non-hydrogen) atoms. The Hall–Kier alpha value is -1.80. The van der Waals surface area contributed by atoms with E-state index in [0.29, 0.717) is 4.90 Å². The Balaban J connectivity index is 2.31. The second-order valence-electron chi connectivity index (χ2n) is 3.86. The van der Waals surface area contributed by atoms with Gasteiger partial charge in [0.25, 0.3) is 20.1 Å². The third kappa shape index (κ3) is 2.24. The van der Waals surface area contributed by atoms with Crippen LogP contribution in [0.5, 0.6) is 0 Å². The molecule has 0 saturated carbocycles. The highest BCUT2D eigenvalue weighted by Gasteiger charge is 2.48. The molecule has 0 N–H and O–H groups in total. The van der Waals surface area contributed by atoms with E-state index in [1.807, 2.05) is 0 Å². The molecule has 0 radical (unpaired) electrons. The number of hydrogen-bond donors (Lipinski definition) is 0. The largest absolute Gasteiger partial charge is 0.296 e. The number of fused-ring (bicyclic) bond motifs is 1. The average molecular weight is 304 g/mol. The maximum atomic E-state index is 11.8. The lowest BCUT2D eigenvalue weighted by Crippen LogP contribution is -2.37. The SMILES string of the molecule is O=C1C=CC=C2C(=O)N(CC(=O)S(=O)(=O)Cl)C(=O)C12. The smallest absolute Gasteiger partial charge is 0.294 e. The quantitative estimate of drug-likeness (QED) is 0.373. The lowest BCUT2D eigenvalue weighted by molar-refractivity contribution is -0.142. The van der Waals surface area contributed by atoms with Gasteiger partial charge in [0.05, 0.1) is 0 Å². The molecule has 0 bridgehead atoms. The summed E-state index contributed by atoms with van der Waals surface area (Å²) in [6.07, 6.45) is 3.72. The summed E-state index contributed by atoms with van der Waals surface area (Å²) in [6.45, 7) is -0.995. The summed E-state index contributed by atoms with van der Waals surface area (Å²) in [5.74, 6) is -3.65. The summed E-state index contributed by atoms with van der Waals surface area (Å²) < 4.78 is 21.6. The summed E-state index contributed by atoms with van der Waals surface area (Å²) in [5.41, 5.74) is -0.0720. The molecular weight excluding hydrogens is 298 g/mol.